The van der Waals surface area contributed by atoms with E-state index in [9.17, 15) is 24.7 Å². The molecule has 0 bridgehead atoms. The molecule has 0 saturated carbocycles. The van der Waals surface area contributed by atoms with Gasteiger partial charge >= 0.3 is 23.9 Å². The van der Waals surface area contributed by atoms with Gasteiger partial charge in [-0.05, 0) is 112 Å². The number of hydrogen-bond donors (Lipinski definition) is 0. The van der Waals surface area contributed by atoms with E-state index in [1.54, 1.807) is 90.2 Å². The van der Waals surface area contributed by atoms with Crippen molar-refractivity contribution in [3.8, 4) is 5.75 Å². The highest BCUT2D eigenvalue weighted by atomic mass is 16.7. The summed E-state index contributed by atoms with van der Waals surface area (Å²) >= 11 is 0. The van der Waals surface area contributed by atoms with Crippen molar-refractivity contribution < 1.29 is 61.8 Å². The molecule has 0 spiro atoms. The van der Waals surface area contributed by atoms with Crippen LogP contribution in [0.1, 0.15) is 94.2 Å². The van der Waals surface area contributed by atoms with Gasteiger partial charge in [0.1, 0.15) is 18.5 Å². The highest BCUT2D eigenvalue weighted by molar-refractivity contribution is 5.78. The van der Waals surface area contributed by atoms with Crippen molar-refractivity contribution in [2.45, 2.75) is 139 Å². The first-order chi connectivity index (χ1) is 28.3. The Kier molecular flexibility index (Phi) is 18.2. The minimum absolute atomic E-state index is 0.0398. The third-order valence-electron chi connectivity index (χ3n) is 9.23. The number of ether oxygens (including phenoxy) is 9. The van der Waals surface area contributed by atoms with Crippen molar-refractivity contribution in [3.05, 3.63) is 76.2 Å². The molecule has 0 radical (unpaired) electrons. The Morgan fingerprint density at radius 1 is 0.672 bits per heavy atom. The van der Waals surface area contributed by atoms with E-state index in [4.69, 9.17) is 42.6 Å². The first-order valence-corrected chi connectivity index (χ1v) is 20.3. The minimum Gasteiger partial charge on any atom is -0.497 e. The predicted octanol–water partition coefficient (Wildman–Crippen LogP) is 7.68. The Morgan fingerprint density at radius 3 is 1.69 bits per heavy atom. The van der Waals surface area contributed by atoms with Crippen molar-refractivity contribution in [2.75, 3.05) is 26.9 Å². The second-order valence-corrected chi connectivity index (χ2v) is 19.1. The fraction of sp³-hybridized carbons (Fsp3) is 0.644. The molecule has 0 aliphatic carbocycles. The normalized spacial score (nSPS) is 20.6. The second-order valence-electron chi connectivity index (χ2n) is 19.1. The Hall–Kier alpha value is -4.73. The first kappa shape index (κ1) is 50.6. The average Bonchev–Trinajstić information content (AvgIpc) is 3.17. The van der Waals surface area contributed by atoms with Gasteiger partial charge in [0.2, 0.25) is 0 Å². The lowest BCUT2D eigenvalue weighted by Gasteiger charge is -2.46. The zero-order valence-electron chi connectivity index (χ0n) is 37.9. The molecule has 1 saturated heterocycles. The molecule has 0 aromatic heterocycles. The quantitative estimate of drug-likeness (QED) is 0.0465. The van der Waals surface area contributed by atoms with E-state index < -0.39 is 95.0 Å². The van der Waals surface area contributed by atoms with Gasteiger partial charge in [0.05, 0.1) is 67.3 Å². The van der Waals surface area contributed by atoms with Gasteiger partial charge in [-0.3, -0.25) is 19.2 Å². The third-order valence-corrected chi connectivity index (χ3v) is 9.23. The predicted molar refractivity (Wildman–Crippen MR) is 224 cm³/mol. The SMILES string of the molecule is COc1ccc(COC[C@@H](OCc2ccccc2)[C@H](CO[C@@H]2O[C@H](COC(=O)C(C)(C)C)[C@H](OC(=O)C(C)(C)C)[C@H](OC(=O)C(C)(C)C)[C@H]2OC(=O)C(C)(C)C)N=[N+]=[N-])cc1. The van der Waals surface area contributed by atoms with Crippen molar-refractivity contribution in [3.63, 3.8) is 0 Å². The summed E-state index contributed by atoms with van der Waals surface area (Å²) in [6.45, 7) is 19.2. The van der Waals surface area contributed by atoms with Gasteiger partial charge < -0.3 is 42.6 Å². The summed E-state index contributed by atoms with van der Waals surface area (Å²) in [5.74, 6) is -2.02. The Bertz CT molecular complexity index is 1790. The smallest absolute Gasteiger partial charge is 0.311 e. The number of nitrogens with zero attached hydrogens (tertiary/aromatic N) is 3. The summed E-state index contributed by atoms with van der Waals surface area (Å²) in [5, 5.41) is 4.03. The topological polar surface area (TPSA) is 200 Å². The number of carbonyl (C=O) groups is 4. The highest BCUT2D eigenvalue weighted by Crippen LogP contribution is 2.35. The Balaban J connectivity index is 2.09. The lowest BCUT2D eigenvalue weighted by Crippen LogP contribution is -2.64. The van der Waals surface area contributed by atoms with Crippen molar-refractivity contribution in [1.82, 2.24) is 0 Å². The van der Waals surface area contributed by atoms with Crippen LogP contribution < -0.4 is 4.74 Å². The van der Waals surface area contributed by atoms with Gasteiger partial charge in [0, 0.05) is 4.91 Å². The fourth-order valence-corrected chi connectivity index (χ4v) is 5.36. The molecule has 1 aliphatic heterocycles. The molecular formula is C45H65N3O13. The van der Waals surface area contributed by atoms with Gasteiger partial charge in [-0.1, -0.05) is 47.6 Å². The molecule has 1 heterocycles. The molecule has 1 aliphatic rings. The summed E-state index contributed by atoms with van der Waals surface area (Å²) in [7, 11) is 1.58. The number of rotatable bonds is 18. The van der Waals surface area contributed by atoms with Gasteiger partial charge in [0.25, 0.3) is 0 Å². The third kappa shape index (κ3) is 15.9. The minimum atomic E-state index is -1.56. The molecule has 16 nitrogen and oxygen atoms in total. The molecule has 61 heavy (non-hydrogen) atoms. The fourth-order valence-electron chi connectivity index (χ4n) is 5.36. The van der Waals surface area contributed by atoms with Crippen LogP contribution in [0.3, 0.4) is 0 Å². The number of esters is 4. The number of methoxy groups -OCH3 is 1. The van der Waals surface area contributed by atoms with Gasteiger partial charge in [-0.25, -0.2) is 0 Å². The number of carbonyl (C=O) groups excluding carboxylic acids is 4. The van der Waals surface area contributed by atoms with Crippen LogP contribution in [0.5, 0.6) is 5.75 Å². The van der Waals surface area contributed by atoms with Gasteiger partial charge in [-0.2, -0.15) is 0 Å². The molecule has 16 heteroatoms. The van der Waals surface area contributed by atoms with Gasteiger partial charge in [0.15, 0.2) is 24.6 Å². The zero-order valence-corrected chi connectivity index (χ0v) is 37.9. The van der Waals surface area contributed by atoms with E-state index >= 15 is 0 Å². The lowest BCUT2D eigenvalue weighted by molar-refractivity contribution is -0.313. The molecule has 338 valence electrons. The monoisotopic (exact) mass is 855 g/mol. The summed E-state index contributed by atoms with van der Waals surface area (Å²) in [6, 6.07) is 15.6. The second kappa shape index (κ2) is 21.9. The van der Waals surface area contributed by atoms with E-state index in [2.05, 4.69) is 10.0 Å². The molecule has 0 N–H and O–H groups in total. The molecular weight excluding hydrogens is 791 g/mol. The average molecular weight is 856 g/mol. The van der Waals surface area contributed by atoms with Crippen LogP contribution in [0.25, 0.3) is 10.4 Å². The van der Waals surface area contributed by atoms with Crippen molar-refractivity contribution in [2.24, 2.45) is 26.8 Å². The zero-order chi connectivity index (χ0) is 45.8. The number of benzene rings is 2. The highest BCUT2D eigenvalue weighted by Gasteiger charge is 2.55. The summed E-state index contributed by atoms with van der Waals surface area (Å²) in [4.78, 5) is 57.1. The standard InChI is InChI=1S/C45H65N3O13/c1-42(2,3)38(49)57-27-33-34(59-39(50)43(4,5)6)35(60-40(51)44(7,8)9)36(61-41(52)45(10,11)12)37(58-33)56-25-31(47-48-46)32(55-24-28-17-15-14-16-18-28)26-54-23-29-19-21-30(53-13)22-20-29/h14-22,31-37H,23-27H2,1-13H3/t31-,32+,33+,34-,35-,36+,37+/m0/s1. The summed E-state index contributed by atoms with van der Waals surface area (Å²) in [5.41, 5.74) is 7.41. The van der Waals surface area contributed by atoms with Crippen LogP contribution in [0, 0.1) is 21.7 Å². The molecule has 3 rings (SSSR count). The van der Waals surface area contributed by atoms with Crippen LogP contribution in [-0.4, -0.2) is 93.7 Å². The Morgan fingerprint density at radius 2 is 1.18 bits per heavy atom. The van der Waals surface area contributed by atoms with Crippen molar-refractivity contribution in [1.29, 1.82) is 0 Å². The number of hydrogen-bond acceptors (Lipinski definition) is 14. The van der Waals surface area contributed by atoms with Gasteiger partial charge in [-0.15, -0.1) is 0 Å². The molecule has 2 aromatic rings. The molecule has 0 amide bonds. The Labute approximate surface area is 359 Å². The largest absolute Gasteiger partial charge is 0.497 e. The van der Waals surface area contributed by atoms with E-state index in [0.717, 1.165) is 11.1 Å². The maximum absolute atomic E-state index is 13.7. The van der Waals surface area contributed by atoms with Crippen LogP contribution in [0.4, 0.5) is 0 Å². The summed E-state index contributed by atoms with van der Waals surface area (Å²) < 4.78 is 54.4. The molecule has 0 unspecified atom stereocenters. The van der Waals surface area contributed by atoms with Crippen LogP contribution in [-0.2, 0) is 70.3 Å². The molecule has 1 fully saturated rings. The maximum atomic E-state index is 13.7. The van der Waals surface area contributed by atoms with E-state index in [1.807, 2.05) is 54.6 Å². The molecule has 7 atom stereocenters. The van der Waals surface area contributed by atoms with E-state index in [1.165, 1.54) is 0 Å². The van der Waals surface area contributed by atoms with Crippen LogP contribution in [0.15, 0.2) is 59.7 Å². The van der Waals surface area contributed by atoms with Crippen molar-refractivity contribution >= 4 is 23.9 Å². The summed E-state index contributed by atoms with van der Waals surface area (Å²) in [6.07, 6.45) is -8.28. The molecule has 2 aromatic carbocycles. The number of azide groups is 1. The van der Waals surface area contributed by atoms with E-state index in [-0.39, 0.29) is 26.4 Å². The van der Waals surface area contributed by atoms with Crippen LogP contribution in [0.2, 0.25) is 0 Å². The van der Waals surface area contributed by atoms with E-state index in [0.29, 0.717) is 5.75 Å². The maximum Gasteiger partial charge on any atom is 0.311 e. The lowest BCUT2D eigenvalue weighted by atomic mass is 9.93. The first-order valence-electron chi connectivity index (χ1n) is 20.3. The van der Waals surface area contributed by atoms with Crippen LogP contribution >= 0.6 is 0 Å².